The maximum Gasteiger partial charge on any atom is 0.261 e. The lowest BCUT2D eigenvalue weighted by Crippen LogP contribution is -2.36. The lowest BCUT2D eigenvalue weighted by Gasteiger charge is -2.27. The van der Waals surface area contributed by atoms with Crippen molar-refractivity contribution >= 4 is 49.5 Å². The van der Waals surface area contributed by atoms with Gasteiger partial charge in [0.1, 0.15) is 28.0 Å². The van der Waals surface area contributed by atoms with Crippen molar-refractivity contribution in [3.8, 4) is 10.6 Å². The van der Waals surface area contributed by atoms with Crippen molar-refractivity contribution in [1.82, 2.24) is 15.0 Å². The summed E-state index contributed by atoms with van der Waals surface area (Å²) in [5.74, 6) is 0.799. The number of morpholine rings is 1. The molecule has 1 fully saturated rings. The topological polar surface area (TPSA) is 114 Å². The van der Waals surface area contributed by atoms with Crippen LogP contribution in [0.15, 0.2) is 59.8 Å². The molecule has 2 aromatic carbocycles. The zero-order valence-corrected chi connectivity index (χ0v) is 19.0. The number of thiazole rings is 1. The molecule has 0 saturated carbocycles. The van der Waals surface area contributed by atoms with Crippen LogP contribution in [0.4, 0.5) is 11.5 Å². The molecule has 3 heterocycles. The van der Waals surface area contributed by atoms with Gasteiger partial charge in [0.2, 0.25) is 0 Å². The van der Waals surface area contributed by atoms with E-state index in [0.29, 0.717) is 30.8 Å². The van der Waals surface area contributed by atoms with Crippen LogP contribution in [0, 0.1) is 0 Å². The van der Waals surface area contributed by atoms with E-state index < -0.39 is 10.0 Å². The molecule has 0 atom stereocenters. The van der Waals surface area contributed by atoms with Crippen LogP contribution in [-0.2, 0) is 14.8 Å². The van der Waals surface area contributed by atoms with Gasteiger partial charge in [-0.3, -0.25) is 9.52 Å². The van der Waals surface area contributed by atoms with Crippen molar-refractivity contribution in [1.29, 1.82) is 0 Å². The Balaban J connectivity index is 1.40. The van der Waals surface area contributed by atoms with Crippen LogP contribution in [0.2, 0.25) is 0 Å². The number of aldehydes is 1. The first-order valence-electron chi connectivity index (χ1n) is 10.2. The molecule has 0 unspecified atom stereocenters. The minimum atomic E-state index is -3.82. The molecule has 33 heavy (non-hydrogen) atoms. The summed E-state index contributed by atoms with van der Waals surface area (Å²) in [6.07, 6.45) is 2.16. The van der Waals surface area contributed by atoms with Crippen LogP contribution in [0.1, 0.15) is 10.4 Å². The number of anilines is 2. The first-order chi connectivity index (χ1) is 16.0. The smallest absolute Gasteiger partial charge is 0.261 e. The van der Waals surface area contributed by atoms with Crippen molar-refractivity contribution < 1.29 is 17.9 Å². The predicted octanol–water partition coefficient (Wildman–Crippen LogP) is 3.20. The Labute approximate surface area is 194 Å². The minimum Gasteiger partial charge on any atom is -0.378 e. The molecule has 1 N–H and O–H groups in total. The number of hydrogen-bond donors (Lipinski definition) is 1. The van der Waals surface area contributed by atoms with Crippen LogP contribution in [-0.4, -0.2) is 56.0 Å². The number of rotatable bonds is 6. The van der Waals surface area contributed by atoms with Crippen molar-refractivity contribution in [2.24, 2.45) is 0 Å². The second-order valence-corrected chi connectivity index (χ2v) is 10.0. The van der Waals surface area contributed by atoms with Crippen molar-refractivity contribution in [2.45, 2.75) is 4.90 Å². The molecular weight excluding hydrogens is 462 g/mol. The fraction of sp³-hybridized carbons (Fsp3) is 0.182. The Morgan fingerprint density at radius 2 is 1.85 bits per heavy atom. The molecule has 1 aliphatic rings. The van der Waals surface area contributed by atoms with Gasteiger partial charge in [-0.1, -0.05) is 23.5 Å². The average molecular weight is 482 g/mol. The van der Waals surface area contributed by atoms with Gasteiger partial charge >= 0.3 is 0 Å². The molecule has 11 heteroatoms. The normalized spacial score (nSPS) is 14.4. The summed E-state index contributed by atoms with van der Waals surface area (Å²) < 4.78 is 33.3. The minimum absolute atomic E-state index is 0.0246. The number of benzene rings is 2. The maximum atomic E-state index is 12.7. The zero-order chi connectivity index (χ0) is 22.8. The van der Waals surface area contributed by atoms with Gasteiger partial charge in [0.25, 0.3) is 10.0 Å². The third-order valence-electron chi connectivity index (χ3n) is 5.18. The predicted molar refractivity (Wildman–Crippen MR) is 126 cm³/mol. The van der Waals surface area contributed by atoms with Crippen LogP contribution >= 0.6 is 11.3 Å². The summed E-state index contributed by atoms with van der Waals surface area (Å²) in [5, 5.41) is 0.771. The summed E-state index contributed by atoms with van der Waals surface area (Å²) in [4.78, 5) is 27.5. The highest BCUT2D eigenvalue weighted by Gasteiger charge is 2.19. The first-order valence-corrected chi connectivity index (χ1v) is 12.5. The Morgan fingerprint density at radius 1 is 1.06 bits per heavy atom. The number of nitrogens with one attached hydrogen (secondary N) is 1. The van der Waals surface area contributed by atoms with Crippen molar-refractivity contribution in [3.05, 3.63) is 60.4 Å². The Kier molecular flexibility index (Phi) is 5.75. The molecule has 1 aliphatic heterocycles. The molecule has 0 bridgehead atoms. The fourth-order valence-electron chi connectivity index (χ4n) is 3.52. The number of carbonyl (C=O) groups excluding carboxylic acids is 1. The van der Waals surface area contributed by atoms with E-state index in [4.69, 9.17) is 9.72 Å². The van der Waals surface area contributed by atoms with E-state index >= 15 is 0 Å². The number of aromatic nitrogens is 3. The van der Waals surface area contributed by atoms with Crippen LogP contribution in [0.3, 0.4) is 0 Å². The fourth-order valence-corrected chi connectivity index (χ4v) is 5.54. The monoisotopic (exact) mass is 481 g/mol. The van der Waals surface area contributed by atoms with Gasteiger partial charge in [0.05, 0.1) is 18.1 Å². The van der Waals surface area contributed by atoms with Crippen LogP contribution < -0.4 is 9.62 Å². The molecule has 0 aliphatic carbocycles. The van der Waals surface area contributed by atoms with Crippen LogP contribution in [0.25, 0.3) is 20.9 Å². The first kappa shape index (κ1) is 21.4. The second kappa shape index (κ2) is 8.85. The molecule has 5 rings (SSSR count). The van der Waals surface area contributed by atoms with E-state index in [1.165, 1.54) is 29.5 Å². The molecule has 0 spiro atoms. The molecule has 0 amide bonds. The molecule has 9 nitrogen and oxygen atoms in total. The highest BCUT2D eigenvalue weighted by atomic mass is 32.2. The highest BCUT2D eigenvalue weighted by Crippen LogP contribution is 2.33. The molecule has 2 aromatic heterocycles. The molecule has 4 aromatic rings. The highest BCUT2D eigenvalue weighted by molar-refractivity contribution is 7.92. The number of sulfonamides is 1. The number of carbonyl (C=O) groups is 1. The number of fused-ring (bicyclic) bond motifs is 1. The van der Waals surface area contributed by atoms with Crippen molar-refractivity contribution in [3.63, 3.8) is 0 Å². The third-order valence-corrected chi connectivity index (χ3v) is 7.57. The van der Waals surface area contributed by atoms with E-state index in [9.17, 15) is 13.2 Å². The molecule has 1 saturated heterocycles. The summed E-state index contributed by atoms with van der Waals surface area (Å²) >= 11 is 1.46. The standard InChI is InChI=1S/C22H19N5O4S2/c28-13-15-2-1-3-18(12-15)33(29,30)26-17-6-4-16(5-7-17)21-25-19-20(23-14-24-22(19)32-21)27-8-10-31-11-9-27/h1-7,12-14,26H,8-11H2. The second-order valence-electron chi connectivity index (χ2n) is 7.34. The van der Waals surface area contributed by atoms with E-state index in [-0.39, 0.29) is 4.90 Å². The Hall–Kier alpha value is -3.41. The summed E-state index contributed by atoms with van der Waals surface area (Å²) in [6, 6.07) is 12.8. The van der Waals surface area contributed by atoms with Gasteiger partial charge in [-0.2, -0.15) is 0 Å². The number of nitrogens with zero attached hydrogens (tertiary/aromatic N) is 4. The van der Waals surface area contributed by atoms with Gasteiger partial charge in [-0.25, -0.2) is 23.4 Å². The van der Waals surface area contributed by atoms with E-state index in [0.717, 1.165) is 39.8 Å². The Bertz CT molecular complexity index is 1410. The summed E-state index contributed by atoms with van der Waals surface area (Å²) in [7, 11) is -3.82. The zero-order valence-electron chi connectivity index (χ0n) is 17.3. The summed E-state index contributed by atoms with van der Waals surface area (Å²) in [5.41, 5.74) is 2.30. The maximum absolute atomic E-state index is 12.7. The van der Waals surface area contributed by atoms with Gasteiger partial charge in [0.15, 0.2) is 5.82 Å². The lowest BCUT2D eigenvalue weighted by molar-refractivity contribution is 0.112. The summed E-state index contributed by atoms with van der Waals surface area (Å²) in [6.45, 7) is 2.81. The lowest BCUT2D eigenvalue weighted by atomic mass is 10.2. The number of ether oxygens (including phenoxy) is 1. The molecular formula is C22H19N5O4S2. The third kappa shape index (κ3) is 4.42. The van der Waals surface area contributed by atoms with Gasteiger partial charge in [-0.15, -0.1) is 0 Å². The molecule has 168 valence electrons. The largest absolute Gasteiger partial charge is 0.378 e. The van der Waals surface area contributed by atoms with Gasteiger partial charge in [0, 0.05) is 29.9 Å². The van der Waals surface area contributed by atoms with Gasteiger partial charge in [-0.05, 0) is 36.4 Å². The SMILES string of the molecule is O=Cc1cccc(S(=O)(=O)Nc2ccc(-c3nc4c(N5CCOCC5)ncnc4s3)cc2)c1. The van der Waals surface area contributed by atoms with Gasteiger partial charge < -0.3 is 9.64 Å². The van der Waals surface area contributed by atoms with Crippen molar-refractivity contribution in [2.75, 3.05) is 35.9 Å². The Morgan fingerprint density at radius 3 is 2.61 bits per heavy atom. The van der Waals surface area contributed by atoms with E-state index in [2.05, 4.69) is 19.6 Å². The van der Waals surface area contributed by atoms with E-state index in [1.54, 1.807) is 36.7 Å². The molecule has 0 radical (unpaired) electrons. The quantitative estimate of drug-likeness (QED) is 0.418. The van der Waals surface area contributed by atoms with Crippen LogP contribution in [0.5, 0.6) is 0 Å². The number of hydrogen-bond acceptors (Lipinski definition) is 9. The van der Waals surface area contributed by atoms with E-state index in [1.807, 2.05) is 0 Å². The average Bonchev–Trinajstić information content (AvgIpc) is 3.29.